The highest BCUT2D eigenvalue weighted by atomic mass is 79.9. The summed E-state index contributed by atoms with van der Waals surface area (Å²) in [6.45, 7) is 5.76. The average Bonchev–Trinajstić information content (AvgIpc) is 2.82. The SMILES string of the molecule is CCN(CC)c1ccc(NS(=O)(=O)c2cccc(C(=O)Nc3ccc(Br)cc3C(=O)O)c2)cc1. The molecule has 0 radical (unpaired) electrons. The number of carboxylic acids is 1. The van der Waals surface area contributed by atoms with E-state index < -0.39 is 21.9 Å². The van der Waals surface area contributed by atoms with E-state index in [0.29, 0.717) is 10.2 Å². The zero-order chi connectivity index (χ0) is 24.9. The standard InChI is InChI=1S/C24H24BrN3O5S/c1-3-28(4-2)19-11-9-18(10-12-19)27-34(32,33)20-7-5-6-16(14-20)23(29)26-22-13-8-17(25)15-21(22)24(30)31/h5-15,27H,3-4H2,1-2H3,(H,26,29)(H,30,31). The van der Waals surface area contributed by atoms with E-state index in [1.165, 1.54) is 36.4 Å². The van der Waals surface area contributed by atoms with E-state index in [4.69, 9.17) is 0 Å². The van der Waals surface area contributed by atoms with E-state index >= 15 is 0 Å². The second kappa shape index (κ2) is 10.7. The average molecular weight is 546 g/mol. The maximum absolute atomic E-state index is 12.9. The molecule has 0 aliphatic rings. The highest BCUT2D eigenvalue weighted by Crippen LogP contribution is 2.24. The molecule has 0 saturated heterocycles. The number of carbonyl (C=O) groups excluding carboxylic acids is 1. The Morgan fingerprint density at radius 3 is 2.26 bits per heavy atom. The minimum absolute atomic E-state index is 0.0685. The van der Waals surface area contributed by atoms with E-state index in [-0.39, 0.29) is 21.7 Å². The number of halogens is 1. The van der Waals surface area contributed by atoms with Crippen molar-refractivity contribution in [2.24, 2.45) is 0 Å². The number of nitrogens with one attached hydrogen (secondary N) is 2. The largest absolute Gasteiger partial charge is 0.478 e. The monoisotopic (exact) mass is 545 g/mol. The Balaban J connectivity index is 1.80. The summed E-state index contributed by atoms with van der Waals surface area (Å²) in [5, 5.41) is 11.9. The normalized spacial score (nSPS) is 11.0. The van der Waals surface area contributed by atoms with Gasteiger partial charge in [0.05, 0.1) is 16.1 Å². The Hall–Kier alpha value is -3.37. The summed E-state index contributed by atoms with van der Waals surface area (Å²) in [5.41, 5.74) is 1.45. The first kappa shape index (κ1) is 25.3. The summed E-state index contributed by atoms with van der Waals surface area (Å²) in [5.74, 6) is -1.84. The number of hydrogen-bond acceptors (Lipinski definition) is 5. The van der Waals surface area contributed by atoms with Gasteiger partial charge < -0.3 is 15.3 Å². The highest BCUT2D eigenvalue weighted by molar-refractivity contribution is 9.10. The Labute approximate surface area is 206 Å². The van der Waals surface area contributed by atoms with Crippen LogP contribution >= 0.6 is 15.9 Å². The molecule has 3 N–H and O–H groups in total. The molecule has 10 heteroatoms. The van der Waals surface area contributed by atoms with E-state index in [2.05, 4.69) is 30.9 Å². The number of benzene rings is 3. The molecule has 0 unspecified atom stereocenters. The van der Waals surface area contributed by atoms with Crippen molar-refractivity contribution in [3.8, 4) is 0 Å². The highest BCUT2D eigenvalue weighted by Gasteiger charge is 2.18. The van der Waals surface area contributed by atoms with Gasteiger partial charge in [-0.25, -0.2) is 13.2 Å². The first-order valence-electron chi connectivity index (χ1n) is 10.5. The Kier molecular flexibility index (Phi) is 7.95. The molecule has 178 valence electrons. The molecule has 8 nitrogen and oxygen atoms in total. The Bertz CT molecular complexity index is 1310. The lowest BCUT2D eigenvalue weighted by Gasteiger charge is -2.21. The van der Waals surface area contributed by atoms with Gasteiger partial charge in [-0.2, -0.15) is 0 Å². The van der Waals surface area contributed by atoms with Crippen molar-refractivity contribution in [1.82, 2.24) is 0 Å². The molecule has 0 aliphatic heterocycles. The molecular formula is C24H24BrN3O5S. The molecule has 0 spiro atoms. The molecule has 34 heavy (non-hydrogen) atoms. The van der Waals surface area contributed by atoms with Crippen molar-refractivity contribution >= 4 is 54.9 Å². The number of rotatable bonds is 9. The van der Waals surface area contributed by atoms with Crippen LogP contribution in [0.15, 0.2) is 76.1 Å². The van der Waals surface area contributed by atoms with Crippen molar-refractivity contribution in [2.45, 2.75) is 18.7 Å². The minimum Gasteiger partial charge on any atom is -0.478 e. The van der Waals surface area contributed by atoms with Gasteiger partial charge >= 0.3 is 5.97 Å². The van der Waals surface area contributed by atoms with Crippen LogP contribution < -0.4 is 14.9 Å². The third-order valence-corrected chi connectivity index (χ3v) is 6.99. The Morgan fingerprint density at radius 1 is 0.971 bits per heavy atom. The van der Waals surface area contributed by atoms with Gasteiger partial charge in [0.25, 0.3) is 15.9 Å². The smallest absolute Gasteiger partial charge is 0.337 e. The summed E-state index contributed by atoms with van der Waals surface area (Å²) < 4.78 is 28.9. The van der Waals surface area contributed by atoms with E-state index in [1.807, 2.05) is 26.0 Å². The zero-order valence-corrected chi connectivity index (χ0v) is 21.0. The molecular weight excluding hydrogens is 522 g/mol. The number of anilines is 3. The zero-order valence-electron chi connectivity index (χ0n) is 18.6. The number of carbonyl (C=O) groups is 2. The Morgan fingerprint density at radius 2 is 1.65 bits per heavy atom. The fourth-order valence-electron chi connectivity index (χ4n) is 3.34. The van der Waals surface area contributed by atoms with Crippen LogP contribution in [-0.4, -0.2) is 38.5 Å². The minimum atomic E-state index is -3.96. The number of hydrogen-bond donors (Lipinski definition) is 3. The van der Waals surface area contributed by atoms with Crippen molar-refractivity contribution in [3.05, 3.63) is 82.3 Å². The van der Waals surface area contributed by atoms with Gasteiger partial charge in [-0.15, -0.1) is 0 Å². The van der Waals surface area contributed by atoms with Gasteiger partial charge in [0.15, 0.2) is 0 Å². The van der Waals surface area contributed by atoms with Crippen LogP contribution in [0.4, 0.5) is 17.1 Å². The summed E-state index contributed by atoms with van der Waals surface area (Å²) in [6.07, 6.45) is 0. The van der Waals surface area contributed by atoms with Gasteiger partial charge in [0.2, 0.25) is 0 Å². The van der Waals surface area contributed by atoms with Crippen LogP contribution in [0.3, 0.4) is 0 Å². The van der Waals surface area contributed by atoms with Crippen LogP contribution in [0.25, 0.3) is 0 Å². The maximum atomic E-state index is 12.9. The summed E-state index contributed by atoms with van der Waals surface area (Å²) in [7, 11) is -3.96. The molecule has 3 rings (SSSR count). The second-order valence-corrected chi connectivity index (χ2v) is 9.90. The van der Waals surface area contributed by atoms with Crippen molar-refractivity contribution in [2.75, 3.05) is 28.0 Å². The van der Waals surface area contributed by atoms with E-state index in [9.17, 15) is 23.1 Å². The summed E-state index contributed by atoms with van der Waals surface area (Å²) in [4.78, 5) is 26.3. The van der Waals surface area contributed by atoms with E-state index in [0.717, 1.165) is 18.8 Å². The van der Waals surface area contributed by atoms with Crippen molar-refractivity contribution < 1.29 is 23.1 Å². The molecule has 0 aromatic heterocycles. The third kappa shape index (κ3) is 5.95. The molecule has 3 aromatic rings. The predicted octanol–water partition coefficient (Wildman–Crippen LogP) is 5.05. The number of carboxylic acid groups (broad SMARTS) is 1. The summed E-state index contributed by atoms with van der Waals surface area (Å²) >= 11 is 3.20. The van der Waals surface area contributed by atoms with Gasteiger partial charge in [-0.3, -0.25) is 9.52 Å². The van der Waals surface area contributed by atoms with Crippen LogP contribution in [0.2, 0.25) is 0 Å². The molecule has 1 amide bonds. The maximum Gasteiger partial charge on any atom is 0.337 e. The molecule has 0 aliphatic carbocycles. The van der Waals surface area contributed by atoms with Crippen LogP contribution in [0, 0.1) is 0 Å². The fraction of sp³-hybridized carbons (Fsp3) is 0.167. The topological polar surface area (TPSA) is 116 Å². The molecule has 0 heterocycles. The lowest BCUT2D eigenvalue weighted by molar-refractivity contribution is 0.0698. The molecule has 3 aromatic carbocycles. The van der Waals surface area contributed by atoms with Crippen molar-refractivity contribution in [3.63, 3.8) is 0 Å². The number of nitrogens with zero attached hydrogens (tertiary/aromatic N) is 1. The quantitative estimate of drug-likeness (QED) is 0.346. The number of aromatic carboxylic acids is 1. The van der Waals surface area contributed by atoms with Crippen LogP contribution in [-0.2, 0) is 10.0 Å². The molecule has 0 saturated carbocycles. The van der Waals surface area contributed by atoms with Gasteiger partial charge in [-0.1, -0.05) is 22.0 Å². The fourth-order valence-corrected chi connectivity index (χ4v) is 4.81. The van der Waals surface area contributed by atoms with Crippen LogP contribution in [0.1, 0.15) is 34.6 Å². The second-order valence-electron chi connectivity index (χ2n) is 7.30. The van der Waals surface area contributed by atoms with Crippen molar-refractivity contribution in [1.29, 1.82) is 0 Å². The third-order valence-electron chi connectivity index (χ3n) is 5.11. The van der Waals surface area contributed by atoms with Gasteiger partial charge in [0.1, 0.15) is 0 Å². The first-order valence-corrected chi connectivity index (χ1v) is 12.7. The predicted molar refractivity (Wildman–Crippen MR) is 136 cm³/mol. The van der Waals surface area contributed by atoms with Crippen LogP contribution in [0.5, 0.6) is 0 Å². The first-order chi connectivity index (χ1) is 16.1. The molecule has 0 fully saturated rings. The number of amides is 1. The molecule has 0 bridgehead atoms. The lowest BCUT2D eigenvalue weighted by Crippen LogP contribution is -2.21. The van der Waals surface area contributed by atoms with Gasteiger partial charge in [0, 0.05) is 34.5 Å². The van der Waals surface area contributed by atoms with E-state index in [1.54, 1.807) is 18.2 Å². The number of sulfonamides is 1. The molecule has 0 atom stereocenters. The summed E-state index contributed by atoms with van der Waals surface area (Å²) in [6, 6.07) is 17.0. The van der Waals surface area contributed by atoms with Gasteiger partial charge in [-0.05, 0) is 74.5 Å². The lowest BCUT2D eigenvalue weighted by atomic mass is 10.1.